The molecule has 5 heteroatoms. The number of benzene rings is 1. The number of nitrogens with zero attached hydrogens (tertiary/aromatic N) is 2. The Morgan fingerprint density at radius 3 is 2.57 bits per heavy atom. The van der Waals surface area contributed by atoms with Crippen molar-refractivity contribution in [2.75, 3.05) is 25.0 Å². The first-order valence-corrected chi connectivity index (χ1v) is 10.8. The fraction of sp³-hybridized carbons (Fsp3) is 0.696. The molecule has 0 radical (unpaired) electrons. The van der Waals surface area contributed by atoms with Crippen LogP contribution in [0.3, 0.4) is 0 Å². The third-order valence-corrected chi connectivity index (χ3v) is 5.84. The van der Waals surface area contributed by atoms with Crippen LogP contribution < -0.4 is 10.6 Å². The van der Waals surface area contributed by atoms with Gasteiger partial charge in [-0.25, -0.2) is 4.79 Å². The molecule has 156 valence electrons. The Bertz CT molecular complexity index is 694. The van der Waals surface area contributed by atoms with Crippen molar-refractivity contribution in [2.24, 2.45) is 5.73 Å². The molecule has 2 unspecified atom stereocenters. The Hall–Kier alpha value is -1.75. The summed E-state index contributed by atoms with van der Waals surface area (Å²) in [4.78, 5) is 17.0. The number of likely N-dealkylation sites (tertiary alicyclic amines) is 1. The maximum atomic E-state index is 12.7. The topological polar surface area (TPSA) is 58.8 Å². The molecular formula is C23H37N3O2. The van der Waals surface area contributed by atoms with Gasteiger partial charge in [0.2, 0.25) is 0 Å². The lowest BCUT2D eigenvalue weighted by molar-refractivity contribution is -0.0300. The molecule has 2 atom stereocenters. The van der Waals surface area contributed by atoms with E-state index in [0.29, 0.717) is 18.5 Å². The van der Waals surface area contributed by atoms with Gasteiger partial charge in [0, 0.05) is 25.3 Å². The van der Waals surface area contributed by atoms with Crippen molar-refractivity contribution in [3.8, 4) is 0 Å². The van der Waals surface area contributed by atoms with E-state index in [2.05, 4.69) is 37.1 Å². The summed E-state index contributed by atoms with van der Waals surface area (Å²) in [6.07, 6.45) is 5.32. The van der Waals surface area contributed by atoms with Crippen LogP contribution in [0.15, 0.2) is 18.2 Å². The van der Waals surface area contributed by atoms with Gasteiger partial charge in [0.1, 0.15) is 5.60 Å². The Balaban J connectivity index is 1.71. The highest BCUT2D eigenvalue weighted by molar-refractivity contribution is 5.70. The van der Waals surface area contributed by atoms with Gasteiger partial charge in [-0.3, -0.25) is 0 Å². The first-order chi connectivity index (χ1) is 13.2. The van der Waals surface area contributed by atoms with E-state index >= 15 is 0 Å². The number of anilines is 1. The maximum absolute atomic E-state index is 12.7. The summed E-state index contributed by atoms with van der Waals surface area (Å²) < 4.78 is 5.66. The molecule has 0 bridgehead atoms. The molecular weight excluding hydrogens is 350 g/mol. The van der Waals surface area contributed by atoms with Crippen LogP contribution in [0.2, 0.25) is 0 Å². The highest BCUT2D eigenvalue weighted by atomic mass is 16.6. The van der Waals surface area contributed by atoms with Gasteiger partial charge in [-0.1, -0.05) is 19.1 Å². The summed E-state index contributed by atoms with van der Waals surface area (Å²) >= 11 is 0. The smallest absolute Gasteiger partial charge is 0.410 e. The van der Waals surface area contributed by atoms with E-state index in [-0.39, 0.29) is 12.1 Å². The van der Waals surface area contributed by atoms with Crippen molar-refractivity contribution in [2.45, 2.75) is 83.4 Å². The molecule has 1 aliphatic heterocycles. The molecule has 28 heavy (non-hydrogen) atoms. The number of ether oxygens (including phenoxy) is 1. The number of rotatable bonds is 7. The maximum Gasteiger partial charge on any atom is 0.410 e. The van der Waals surface area contributed by atoms with Gasteiger partial charge in [0.05, 0.1) is 6.04 Å². The quantitative estimate of drug-likeness (QED) is 0.758. The molecule has 3 rings (SSSR count). The van der Waals surface area contributed by atoms with E-state index in [1.54, 1.807) is 0 Å². The van der Waals surface area contributed by atoms with E-state index in [1.165, 1.54) is 29.7 Å². The minimum Gasteiger partial charge on any atom is -0.444 e. The van der Waals surface area contributed by atoms with Crippen LogP contribution in [0.25, 0.3) is 0 Å². The summed E-state index contributed by atoms with van der Waals surface area (Å²) in [6, 6.07) is 7.29. The molecule has 2 fully saturated rings. The first kappa shape index (κ1) is 21.0. The zero-order chi connectivity index (χ0) is 20.5. The van der Waals surface area contributed by atoms with Crippen molar-refractivity contribution < 1.29 is 9.53 Å². The number of carbonyl (C=O) groups is 1. The normalized spacial score (nSPS) is 22.0. The van der Waals surface area contributed by atoms with E-state index in [9.17, 15) is 4.79 Å². The van der Waals surface area contributed by atoms with Crippen molar-refractivity contribution in [3.05, 3.63) is 29.3 Å². The molecule has 1 saturated heterocycles. The molecule has 5 nitrogen and oxygen atoms in total. The van der Waals surface area contributed by atoms with Crippen molar-refractivity contribution in [1.29, 1.82) is 0 Å². The van der Waals surface area contributed by atoms with Gasteiger partial charge in [0.15, 0.2) is 0 Å². The minimum absolute atomic E-state index is 0.176. The summed E-state index contributed by atoms with van der Waals surface area (Å²) in [5, 5.41) is 0. The number of likely N-dealkylation sites (N-methyl/N-ethyl adjacent to an activating group) is 1. The number of amides is 1. The fourth-order valence-electron chi connectivity index (χ4n) is 4.25. The second kappa shape index (κ2) is 8.32. The second-order valence-electron chi connectivity index (χ2n) is 9.43. The number of nitrogens with two attached hydrogens (primary N) is 1. The molecule has 1 amide bonds. The molecule has 1 saturated carbocycles. The second-order valence-corrected chi connectivity index (χ2v) is 9.43. The molecule has 1 aromatic carbocycles. The third kappa shape index (κ3) is 4.80. The summed E-state index contributed by atoms with van der Waals surface area (Å²) in [5.74, 6) is 0.682. The van der Waals surface area contributed by atoms with Gasteiger partial charge in [-0.05, 0) is 82.5 Å². The highest BCUT2D eigenvalue weighted by Crippen LogP contribution is 2.45. The highest BCUT2D eigenvalue weighted by Gasteiger charge is 2.43. The van der Waals surface area contributed by atoms with Crippen molar-refractivity contribution in [1.82, 2.24) is 4.90 Å². The summed E-state index contributed by atoms with van der Waals surface area (Å²) in [6.45, 7) is 9.45. The van der Waals surface area contributed by atoms with Crippen LogP contribution in [0.1, 0.15) is 70.4 Å². The molecule has 0 aromatic heterocycles. The van der Waals surface area contributed by atoms with E-state index in [1.807, 2.05) is 25.7 Å². The zero-order valence-corrected chi connectivity index (χ0v) is 18.2. The van der Waals surface area contributed by atoms with Gasteiger partial charge in [0.25, 0.3) is 0 Å². The standard InChI is InChI=1S/C23H37N3O2/c1-6-18-14-19(26(18)22(27)28-23(2,3)4)15-25(5)21-10-7-16(11-12-24)13-20(21)17-8-9-17/h7,10,13,17-19H,6,8-9,11-12,14-15,24H2,1-5H3. The van der Waals surface area contributed by atoms with E-state index in [4.69, 9.17) is 10.5 Å². The predicted molar refractivity (Wildman–Crippen MR) is 115 cm³/mol. The summed E-state index contributed by atoms with van der Waals surface area (Å²) in [5.41, 5.74) is 9.36. The van der Waals surface area contributed by atoms with Crippen molar-refractivity contribution >= 4 is 11.8 Å². The molecule has 1 heterocycles. The van der Waals surface area contributed by atoms with Crippen LogP contribution in [0.4, 0.5) is 10.5 Å². The first-order valence-electron chi connectivity index (χ1n) is 10.8. The lowest BCUT2D eigenvalue weighted by Crippen LogP contribution is -2.62. The number of hydrogen-bond donors (Lipinski definition) is 1. The average Bonchev–Trinajstić information content (AvgIpc) is 3.41. The Morgan fingerprint density at radius 1 is 1.29 bits per heavy atom. The SMILES string of the molecule is CCC1CC(CN(C)c2ccc(CCN)cc2C2CC2)N1C(=O)OC(C)(C)C. The van der Waals surface area contributed by atoms with E-state index < -0.39 is 5.60 Å². The van der Waals surface area contributed by atoms with Gasteiger partial charge >= 0.3 is 6.09 Å². The lowest BCUT2D eigenvalue weighted by Gasteiger charge is -2.49. The molecule has 1 aromatic rings. The van der Waals surface area contributed by atoms with Gasteiger partial charge in [-0.2, -0.15) is 0 Å². The average molecular weight is 388 g/mol. The van der Waals surface area contributed by atoms with Crippen LogP contribution in [-0.2, 0) is 11.2 Å². The monoisotopic (exact) mass is 387 g/mol. The molecule has 0 spiro atoms. The molecule has 1 aliphatic carbocycles. The zero-order valence-electron chi connectivity index (χ0n) is 18.2. The van der Waals surface area contributed by atoms with Crippen LogP contribution in [-0.4, -0.2) is 48.8 Å². The minimum atomic E-state index is -0.459. The molecule has 2 N–H and O–H groups in total. The van der Waals surface area contributed by atoms with Gasteiger partial charge in [-0.15, -0.1) is 0 Å². The van der Waals surface area contributed by atoms with E-state index in [0.717, 1.165) is 25.8 Å². The Labute approximate surface area is 170 Å². The van der Waals surface area contributed by atoms with Crippen molar-refractivity contribution in [3.63, 3.8) is 0 Å². The number of hydrogen-bond acceptors (Lipinski definition) is 4. The largest absolute Gasteiger partial charge is 0.444 e. The molecule has 2 aliphatic rings. The van der Waals surface area contributed by atoms with Crippen LogP contribution in [0.5, 0.6) is 0 Å². The van der Waals surface area contributed by atoms with Crippen LogP contribution >= 0.6 is 0 Å². The Kier molecular flexibility index (Phi) is 6.23. The predicted octanol–water partition coefficient (Wildman–Crippen LogP) is 4.29. The van der Waals surface area contributed by atoms with Crippen LogP contribution in [0, 0.1) is 0 Å². The number of carbonyl (C=O) groups excluding carboxylic acids is 1. The fourth-order valence-corrected chi connectivity index (χ4v) is 4.25. The Morgan fingerprint density at radius 2 is 2.00 bits per heavy atom. The summed E-state index contributed by atoms with van der Waals surface area (Å²) in [7, 11) is 2.15. The third-order valence-electron chi connectivity index (χ3n) is 5.84. The van der Waals surface area contributed by atoms with Gasteiger partial charge < -0.3 is 20.3 Å². The lowest BCUT2D eigenvalue weighted by atomic mass is 9.90.